The fourth-order valence-electron chi connectivity index (χ4n) is 1.51. The Labute approximate surface area is 123 Å². The Hall–Kier alpha value is -0.750. The van der Waals surface area contributed by atoms with E-state index in [2.05, 4.69) is 62.9 Å². The van der Waals surface area contributed by atoms with Crippen molar-refractivity contribution in [3.63, 3.8) is 0 Å². The summed E-state index contributed by atoms with van der Waals surface area (Å²) in [6, 6.07) is 12.0. The molecule has 0 saturated carbocycles. The van der Waals surface area contributed by atoms with E-state index >= 15 is 0 Å². The van der Waals surface area contributed by atoms with Gasteiger partial charge in [-0.1, -0.05) is 6.07 Å². The molecule has 4 heteroatoms. The third kappa shape index (κ3) is 3.13. The van der Waals surface area contributed by atoms with E-state index in [0.717, 1.165) is 21.5 Å². The SMILES string of the molecule is Cc1ccc(N)cc1Nc1cc(I)ccc1Br. The van der Waals surface area contributed by atoms with Crippen LogP contribution in [-0.4, -0.2) is 0 Å². The third-order valence-electron chi connectivity index (χ3n) is 2.46. The van der Waals surface area contributed by atoms with Crippen molar-refractivity contribution in [2.45, 2.75) is 6.92 Å². The van der Waals surface area contributed by atoms with E-state index in [1.54, 1.807) is 0 Å². The number of rotatable bonds is 2. The van der Waals surface area contributed by atoms with Crippen molar-refractivity contribution in [2.24, 2.45) is 0 Å². The maximum Gasteiger partial charge on any atom is 0.0539 e. The summed E-state index contributed by atoms with van der Waals surface area (Å²) in [6.45, 7) is 2.06. The van der Waals surface area contributed by atoms with E-state index in [0.29, 0.717) is 0 Å². The van der Waals surface area contributed by atoms with Gasteiger partial charge >= 0.3 is 0 Å². The quantitative estimate of drug-likeness (QED) is 0.565. The number of hydrogen-bond donors (Lipinski definition) is 2. The number of halogens is 2. The summed E-state index contributed by atoms with van der Waals surface area (Å²) in [5.41, 5.74) is 9.81. The molecule has 0 aliphatic heterocycles. The second kappa shape index (κ2) is 5.27. The minimum Gasteiger partial charge on any atom is -0.399 e. The zero-order chi connectivity index (χ0) is 12.4. The second-order valence-electron chi connectivity index (χ2n) is 3.82. The molecule has 2 rings (SSSR count). The molecule has 2 aromatic rings. The first-order valence-corrected chi connectivity index (χ1v) is 7.01. The first-order chi connectivity index (χ1) is 8.06. The van der Waals surface area contributed by atoms with Crippen molar-refractivity contribution < 1.29 is 0 Å². The predicted octanol–water partition coefficient (Wildman–Crippen LogP) is 4.69. The van der Waals surface area contributed by atoms with Crippen molar-refractivity contribution in [3.8, 4) is 0 Å². The highest BCUT2D eigenvalue weighted by Gasteiger charge is 2.04. The molecule has 0 amide bonds. The van der Waals surface area contributed by atoms with Gasteiger partial charge in [-0.25, -0.2) is 0 Å². The lowest BCUT2D eigenvalue weighted by Gasteiger charge is -2.12. The Balaban J connectivity index is 2.37. The summed E-state index contributed by atoms with van der Waals surface area (Å²) in [4.78, 5) is 0. The molecule has 0 bridgehead atoms. The molecule has 3 N–H and O–H groups in total. The Morgan fingerprint density at radius 3 is 2.65 bits per heavy atom. The monoisotopic (exact) mass is 402 g/mol. The fourth-order valence-corrected chi connectivity index (χ4v) is 2.35. The van der Waals surface area contributed by atoms with Crippen LogP contribution < -0.4 is 11.1 Å². The molecule has 0 spiro atoms. The van der Waals surface area contributed by atoms with Crippen LogP contribution in [0.5, 0.6) is 0 Å². The third-order valence-corrected chi connectivity index (χ3v) is 3.82. The second-order valence-corrected chi connectivity index (χ2v) is 5.92. The van der Waals surface area contributed by atoms with Gasteiger partial charge in [0, 0.05) is 19.4 Å². The standard InChI is InChI=1S/C13H12BrIN2/c1-8-2-4-10(16)7-12(8)17-13-6-9(15)3-5-11(13)14/h2-7,17H,16H2,1H3. The summed E-state index contributed by atoms with van der Waals surface area (Å²) >= 11 is 5.83. The van der Waals surface area contributed by atoms with Crippen molar-refractivity contribution in [1.82, 2.24) is 0 Å². The molecule has 0 aliphatic carbocycles. The van der Waals surface area contributed by atoms with Crippen molar-refractivity contribution in [3.05, 3.63) is 50.0 Å². The molecule has 88 valence electrons. The number of hydrogen-bond acceptors (Lipinski definition) is 2. The number of nitrogens with one attached hydrogen (secondary N) is 1. The highest BCUT2D eigenvalue weighted by Crippen LogP contribution is 2.29. The normalized spacial score (nSPS) is 10.3. The number of aryl methyl sites for hydroxylation is 1. The Morgan fingerprint density at radius 1 is 1.12 bits per heavy atom. The van der Waals surface area contributed by atoms with Crippen LogP contribution in [0.1, 0.15) is 5.56 Å². The number of benzene rings is 2. The van der Waals surface area contributed by atoms with Gasteiger partial charge in [0.1, 0.15) is 0 Å². The van der Waals surface area contributed by atoms with Crippen LogP contribution in [0.3, 0.4) is 0 Å². The predicted molar refractivity (Wildman–Crippen MR) is 85.7 cm³/mol. The van der Waals surface area contributed by atoms with E-state index in [4.69, 9.17) is 5.73 Å². The lowest BCUT2D eigenvalue weighted by Crippen LogP contribution is -1.96. The molecule has 0 saturated heterocycles. The summed E-state index contributed by atoms with van der Waals surface area (Å²) < 4.78 is 2.23. The van der Waals surface area contributed by atoms with Gasteiger partial charge < -0.3 is 11.1 Å². The van der Waals surface area contributed by atoms with Gasteiger partial charge in [0.15, 0.2) is 0 Å². The van der Waals surface area contributed by atoms with E-state index in [1.165, 1.54) is 9.13 Å². The van der Waals surface area contributed by atoms with E-state index < -0.39 is 0 Å². The van der Waals surface area contributed by atoms with Gasteiger partial charge in [-0.3, -0.25) is 0 Å². The minimum atomic E-state index is 0.764. The molecule has 2 nitrogen and oxygen atoms in total. The van der Waals surface area contributed by atoms with Gasteiger partial charge in [-0.15, -0.1) is 0 Å². The van der Waals surface area contributed by atoms with Gasteiger partial charge in [-0.05, 0) is 81.3 Å². The van der Waals surface area contributed by atoms with Gasteiger partial charge in [0.2, 0.25) is 0 Å². The number of nitrogen functional groups attached to an aromatic ring is 1. The molecular weight excluding hydrogens is 391 g/mol. The lowest BCUT2D eigenvalue weighted by molar-refractivity contribution is 1.42. The first-order valence-electron chi connectivity index (χ1n) is 5.14. The molecule has 17 heavy (non-hydrogen) atoms. The van der Waals surface area contributed by atoms with Crippen LogP contribution in [0, 0.1) is 10.5 Å². The lowest BCUT2D eigenvalue weighted by atomic mass is 10.1. The molecule has 0 atom stereocenters. The Morgan fingerprint density at radius 2 is 1.88 bits per heavy atom. The molecular formula is C13H12BrIN2. The zero-order valence-electron chi connectivity index (χ0n) is 9.30. The smallest absolute Gasteiger partial charge is 0.0539 e. The molecule has 0 unspecified atom stereocenters. The van der Waals surface area contributed by atoms with Crippen LogP contribution in [0.4, 0.5) is 17.1 Å². The summed E-state index contributed by atoms with van der Waals surface area (Å²) in [7, 11) is 0. The number of nitrogens with two attached hydrogens (primary N) is 1. The Kier molecular flexibility index (Phi) is 3.93. The summed E-state index contributed by atoms with van der Waals surface area (Å²) in [5.74, 6) is 0. The summed E-state index contributed by atoms with van der Waals surface area (Å²) in [5, 5.41) is 3.39. The van der Waals surface area contributed by atoms with E-state index in [-0.39, 0.29) is 0 Å². The van der Waals surface area contributed by atoms with Gasteiger partial charge in [0.25, 0.3) is 0 Å². The molecule has 0 radical (unpaired) electrons. The highest BCUT2D eigenvalue weighted by molar-refractivity contribution is 14.1. The maximum absolute atomic E-state index is 5.80. The van der Waals surface area contributed by atoms with Crippen molar-refractivity contribution >= 4 is 55.6 Å². The van der Waals surface area contributed by atoms with Crippen LogP contribution in [0.25, 0.3) is 0 Å². The van der Waals surface area contributed by atoms with Crippen LogP contribution in [0.15, 0.2) is 40.9 Å². The molecule has 0 heterocycles. The average molecular weight is 403 g/mol. The van der Waals surface area contributed by atoms with Crippen LogP contribution in [0.2, 0.25) is 0 Å². The topological polar surface area (TPSA) is 38.0 Å². The minimum absolute atomic E-state index is 0.764. The van der Waals surface area contributed by atoms with E-state index in [1.807, 2.05) is 24.3 Å². The van der Waals surface area contributed by atoms with Gasteiger partial charge in [0.05, 0.1) is 5.69 Å². The number of anilines is 3. The fraction of sp³-hybridized carbons (Fsp3) is 0.0769. The maximum atomic E-state index is 5.80. The zero-order valence-corrected chi connectivity index (χ0v) is 13.0. The molecule has 0 aromatic heterocycles. The first kappa shape index (κ1) is 12.7. The molecule has 0 aliphatic rings. The average Bonchev–Trinajstić information content (AvgIpc) is 2.28. The Bertz CT molecular complexity index is 506. The highest BCUT2D eigenvalue weighted by atomic mass is 127. The van der Waals surface area contributed by atoms with Crippen molar-refractivity contribution in [2.75, 3.05) is 11.1 Å². The van der Waals surface area contributed by atoms with Crippen molar-refractivity contribution in [1.29, 1.82) is 0 Å². The summed E-state index contributed by atoms with van der Waals surface area (Å²) in [6.07, 6.45) is 0. The van der Waals surface area contributed by atoms with Gasteiger partial charge in [-0.2, -0.15) is 0 Å². The van der Waals surface area contributed by atoms with E-state index in [9.17, 15) is 0 Å². The van der Waals surface area contributed by atoms with Crippen LogP contribution in [-0.2, 0) is 0 Å². The van der Waals surface area contributed by atoms with Crippen LogP contribution >= 0.6 is 38.5 Å². The molecule has 0 fully saturated rings. The largest absolute Gasteiger partial charge is 0.399 e. The molecule has 2 aromatic carbocycles.